The first-order valence-corrected chi connectivity index (χ1v) is 12.6. The molecule has 1 saturated heterocycles. The van der Waals surface area contributed by atoms with Crippen LogP contribution in [0.15, 0.2) is 12.1 Å². The molecule has 1 heterocycles. The molecule has 2 fully saturated rings. The molecule has 1 aromatic carbocycles. The van der Waals surface area contributed by atoms with E-state index in [9.17, 15) is 4.39 Å². The smallest absolute Gasteiger partial charge is 0.132 e. The molecule has 2 atom stereocenters. The first-order valence-electron chi connectivity index (χ1n) is 12.6. The minimum Gasteiger partial charge on any atom is -0.493 e. The van der Waals surface area contributed by atoms with E-state index < -0.39 is 0 Å². The molecular weight excluding hydrogens is 375 g/mol. The molecule has 1 saturated carbocycles. The maximum atomic E-state index is 14.5. The largest absolute Gasteiger partial charge is 0.493 e. The number of unbranched alkanes of at least 4 members (excludes halogenated alkanes) is 2. The van der Waals surface area contributed by atoms with E-state index in [1.165, 1.54) is 64.2 Å². The molecule has 0 aromatic heterocycles. The number of aryl methyl sites for hydroxylation is 1. The zero-order chi connectivity index (χ0) is 21.3. The fourth-order valence-electron chi connectivity index (χ4n) is 5.42. The SMILES string of the molecule is CCCCCC1CCC(C2CCC(COc3ccc(CCC)c(F)c3C)CC2)CO1. The molecule has 0 bridgehead atoms. The summed E-state index contributed by atoms with van der Waals surface area (Å²) >= 11 is 0. The van der Waals surface area contributed by atoms with Crippen LogP contribution in [0.2, 0.25) is 0 Å². The Morgan fingerprint density at radius 3 is 2.40 bits per heavy atom. The van der Waals surface area contributed by atoms with Gasteiger partial charge in [-0.25, -0.2) is 4.39 Å². The molecule has 3 rings (SSSR count). The third-order valence-corrected chi connectivity index (χ3v) is 7.50. The van der Waals surface area contributed by atoms with Crippen LogP contribution in [-0.4, -0.2) is 19.3 Å². The molecule has 2 nitrogen and oxygen atoms in total. The van der Waals surface area contributed by atoms with Crippen molar-refractivity contribution in [1.29, 1.82) is 0 Å². The lowest BCUT2D eigenvalue weighted by Gasteiger charge is -2.38. The van der Waals surface area contributed by atoms with Gasteiger partial charge >= 0.3 is 0 Å². The van der Waals surface area contributed by atoms with E-state index in [0.717, 1.165) is 49.2 Å². The first-order chi connectivity index (χ1) is 14.6. The monoisotopic (exact) mass is 418 g/mol. The highest BCUT2D eigenvalue weighted by Gasteiger charge is 2.31. The third-order valence-electron chi connectivity index (χ3n) is 7.50. The van der Waals surface area contributed by atoms with Crippen molar-refractivity contribution in [1.82, 2.24) is 0 Å². The van der Waals surface area contributed by atoms with Crippen molar-refractivity contribution in [3.05, 3.63) is 29.1 Å². The number of halogens is 1. The summed E-state index contributed by atoms with van der Waals surface area (Å²) in [5, 5.41) is 0. The van der Waals surface area contributed by atoms with Gasteiger partial charge in [0.05, 0.1) is 19.3 Å². The van der Waals surface area contributed by atoms with Gasteiger partial charge in [-0.2, -0.15) is 0 Å². The van der Waals surface area contributed by atoms with E-state index in [0.29, 0.717) is 17.6 Å². The number of ether oxygens (including phenoxy) is 2. The zero-order valence-corrected chi connectivity index (χ0v) is 19.6. The Morgan fingerprint density at radius 1 is 0.967 bits per heavy atom. The van der Waals surface area contributed by atoms with Gasteiger partial charge < -0.3 is 9.47 Å². The number of hydrogen-bond acceptors (Lipinski definition) is 2. The van der Waals surface area contributed by atoms with E-state index in [4.69, 9.17) is 9.47 Å². The van der Waals surface area contributed by atoms with Crippen LogP contribution in [0.5, 0.6) is 5.75 Å². The lowest BCUT2D eigenvalue weighted by molar-refractivity contribution is -0.0434. The van der Waals surface area contributed by atoms with E-state index in [1.807, 2.05) is 19.1 Å². The van der Waals surface area contributed by atoms with Gasteiger partial charge in [0.2, 0.25) is 0 Å². The molecule has 1 aromatic rings. The summed E-state index contributed by atoms with van der Waals surface area (Å²) in [4.78, 5) is 0. The van der Waals surface area contributed by atoms with Crippen molar-refractivity contribution < 1.29 is 13.9 Å². The molecule has 2 unspecified atom stereocenters. The molecule has 30 heavy (non-hydrogen) atoms. The summed E-state index contributed by atoms with van der Waals surface area (Å²) < 4.78 is 26.8. The molecule has 3 heteroatoms. The van der Waals surface area contributed by atoms with E-state index >= 15 is 0 Å². The summed E-state index contributed by atoms with van der Waals surface area (Å²) in [6.45, 7) is 7.90. The van der Waals surface area contributed by atoms with Crippen LogP contribution in [0.1, 0.15) is 95.6 Å². The standard InChI is InChI=1S/C27H43FO2/c1-4-6-7-9-25-16-14-24(19-29-25)22-12-10-21(11-13-22)18-30-26-17-15-23(8-5-2)27(28)20(26)3/h15,17,21-22,24-25H,4-14,16,18-19H2,1-3H3. The van der Waals surface area contributed by atoms with E-state index in [1.54, 1.807) is 0 Å². The van der Waals surface area contributed by atoms with Crippen molar-refractivity contribution in [2.24, 2.45) is 17.8 Å². The molecule has 170 valence electrons. The van der Waals surface area contributed by atoms with Crippen LogP contribution in [-0.2, 0) is 11.2 Å². The van der Waals surface area contributed by atoms with Crippen LogP contribution in [0.3, 0.4) is 0 Å². The molecule has 1 aliphatic carbocycles. The van der Waals surface area contributed by atoms with Gasteiger partial charge in [0.1, 0.15) is 11.6 Å². The van der Waals surface area contributed by atoms with Crippen molar-refractivity contribution in [2.75, 3.05) is 13.2 Å². The van der Waals surface area contributed by atoms with Crippen LogP contribution >= 0.6 is 0 Å². The Bertz CT molecular complexity index is 628. The fraction of sp³-hybridized carbons (Fsp3) is 0.778. The predicted molar refractivity (Wildman–Crippen MR) is 123 cm³/mol. The highest BCUT2D eigenvalue weighted by Crippen LogP contribution is 2.38. The van der Waals surface area contributed by atoms with Gasteiger partial charge in [0, 0.05) is 5.56 Å². The van der Waals surface area contributed by atoms with Gasteiger partial charge in [-0.1, -0.05) is 45.6 Å². The van der Waals surface area contributed by atoms with Crippen molar-refractivity contribution >= 4 is 0 Å². The second kappa shape index (κ2) is 12.1. The normalized spacial score (nSPS) is 27.2. The van der Waals surface area contributed by atoms with Gasteiger partial charge in [-0.05, 0) is 87.7 Å². The number of benzene rings is 1. The quantitative estimate of drug-likeness (QED) is 0.363. The van der Waals surface area contributed by atoms with Gasteiger partial charge in [0.25, 0.3) is 0 Å². The second-order valence-corrected chi connectivity index (χ2v) is 9.79. The van der Waals surface area contributed by atoms with Gasteiger partial charge in [-0.3, -0.25) is 0 Å². The minimum atomic E-state index is -0.0802. The molecule has 1 aliphatic heterocycles. The number of hydrogen-bond donors (Lipinski definition) is 0. The maximum Gasteiger partial charge on any atom is 0.132 e. The minimum absolute atomic E-state index is 0.0802. The van der Waals surface area contributed by atoms with Crippen molar-refractivity contribution in [3.63, 3.8) is 0 Å². The predicted octanol–water partition coefficient (Wildman–Crippen LogP) is 7.65. The summed E-state index contributed by atoms with van der Waals surface area (Å²) in [6.07, 6.45) is 15.2. The lowest BCUT2D eigenvalue weighted by atomic mass is 9.74. The summed E-state index contributed by atoms with van der Waals surface area (Å²) in [7, 11) is 0. The van der Waals surface area contributed by atoms with E-state index in [-0.39, 0.29) is 5.82 Å². The highest BCUT2D eigenvalue weighted by molar-refractivity contribution is 5.38. The maximum absolute atomic E-state index is 14.5. The molecule has 0 N–H and O–H groups in total. The van der Waals surface area contributed by atoms with Crippen molar-refractivity contribution in [3.8, 4) is 5.75 Å². The Morgan fingerprint density at radius 2 is 1.73 bits per heavy atom. The fourth-order valence-corrected chi connectivity index (χ4v) is 5.42. The van der Waals surface area contributed by atoms with E-state index in [2.05, 4.69) is 13.8 Å². The summed E-state index contributed by atoms with van der Waals surface area (Å²) in [5.41, 5.74) is 1.48. The van der Waals surface area contributed by atoms with Crippen LogP contribution < -0.4 is 4.74 Å². The van der Waals surface area contributed by atoms with Crippen molar-refractivity contribution in [2.45, 2.75) is 104 Å². The second-order valence-electron chi connectivity index (χ2n) is 9.79. The third kappa shape index (κ3) is 6.45. The molecule has 2 aliphatic rings. The Hall–Kier alpha value is -1.09. The summed E-state index contributed by atoms with van der Waals surface area (Å²) in [5.74, 6) is 2.83. The molecular formula is C27H43FO2. The van der Waals surface area contributed by atoms with Gasteiger partial charge in [0.15, 0.2) is 0 Å². The molecule has 0 radical (unpaired) electrons. The molecule has 0 amide bonds. The number of rotatable bonds is 10. The molecule has 0 spiro atoms. The first kappa shape index (κ1) is 23.6. The zero-order valence-electron chi connectivity index (χ0n) is 19.6. The topological polar surface area (TPSA) is 18.5 Å². The van der Waals surface area contributed by atoms with Gasteiger partial charge in [-0.15, -0.1) is 0 Å². The Kier molecular flexibility index (Phi) is 9.49. The highest BCUT2D eigenvalue weighted by atomic mass is 19.1. The van der Waals surface area contributed by atoms with Crippen LogP contribution in [0.25, 0.3) is 0 Å². The summed E-state index contributed by atoms with van der Waals surface area (Å²) in [6, 6.07) is 3.86. The Balaban J connectivity index is 1.38. The van der Waals surface area contributed by atoms with Crippen LogP contribution in [0.4, 0.5) is 4.39 Å². The average Bonchev–Trinajstić information content (AvgIpc) is 2.78. The lowest BCUT2D eigenvalue weighted by Crippen LogP contribution is -2.33. The average molecular weight is 419 g/mol. The van der Waals surface area contributed by atoms with Crippen LogP contribution in [0, 0.1) is 30.5 Å². The Labute approximate surface area is 183 Å².